The summed E-state index contributed by atoms with van der Waals surface area (Å²) in [5.74, 6) is -0.498. The van der Waals surface area contributed by atoms with E-state index in [0.29, 0.717) is 25.9 Å². The van der Waals surface area contributed by atoms with Crippen LogP contribution in [0.15, 0.2) is 97.2 Å². The van der Waals surface area contributed by atoms with Crippen molar-refractivity contribution in [3.05, 3.63) is 97.2 Å². The van der Waals surface area contributed by atoms with Crippen molar-refractivity contribution in [2.45, 2.75) is 245 Å². The van der Waals surface area contributed by atoms with Crippen molar-refractivity contribution in [3.8, 4) is 0 Å². The van der Waals surface area contributed by atoms with Gasteiger partial charge in [0.25, 0.3) is 0 Å². The van der Waals surface area contributed by atoms with Gasteiger partial charge in [-0.15, -0.1) is 0 Å². The van der Waals surface area contributed by atoms with E-state index >= 15 is 0 Å². The van der Waals surface area contributed by atoms with Crippen molar-refractivity contribution in [1.82, 2.24) is 0 Å². The number of ether oxygens (including phenoxy) is 3. The van der Waals surface area contributed by atoms with Crippen LogP contribution in [0.25, 0.3) is 0 Å². The summed E-state index contributed by atoms with van der Waals surface area (Å²) in [6.07, 6.45) is 72.9. The van der Waals surface area contributed by atoms with Gasteiger partial charge in [0.1, 0.15) is 6.61 Å². The zero-order valence-electron chi connectivity index (χ0n) is 42.0. The van der Waals surface area contributed by atoms with Crippen LogP contribution in [0.3, 0.4) is 0 Å². The normalized spacial score (nSPS) is 13.0. The van der Waals surface area contributed by atoms with Crippen LogP contribution < -0.4 is 0 Å². The molecule has 0 aromatic carbocycles. The van der Waals surface area contributed by atoms with Crippen molar-refractivity contribution in [1.29, 1.82) is 0 Å². The van der Waals surface area contributed by atoms with Crippen molar-refractivity contribution >= 4 is 11.9 Å². The van der Waals surface area contributed by atoms with Gasteiger partial charge in [-0.3, -0.25) is 9.59 Å². The van der Waals surface area contributed by atoms with E-state index in [9.17, 15) is 9.59 Å². The summed E-state index contributed by atoms with van der Waals surface area (Å²) in [7, 11) is 0. The molecule has 1 unspecified atom stereocenters. The first-order valence-corrected chi connectivity index (χ1v) is 26.8. The Morgan fingerprint density at radius 1 is 0.359 bits per heavy atom. The maximum absolute atomic E-state index is 12.7. The van der Waals surface area contributed by atoms with Gasteiger partial charge in [-0.2, -0.15) is 0 Å². The van der Waals surface area contributed by atoms with Crippen LogP contribution in [0.4, 0.5) is 0 Å². The van der Waals surface area contributed by atoms with Crippen LogP contribution in [0.1, 0.15) is 239 Å². The summed E-state index contributed by atoms with van der Waals surface area (Å²) >= 11 is 0. The molecule has 0 aliphatic carbocycles. The van der Waals surface area contributed by atoms with Crippen molar-refractivity contribution in [2.24, 2.45) is 0 Å². The highest BCUT2D eigenvalue weighted by atomic mass is 16.6. The third-order valence-corrected chi connectivity index (χ3v) is 11.1. The second kappa shape index (κ2) is 54.2. The molecule has 0 aromatic heterocycles. The summed E-state index contributed by atoms with van der Waals surface area (Å²) in [6, 6.07) is 0. The fourth-order valence-corrected chi connectivity index (χ4v) is 7.15. The predicted molar refractivity (Wildman–Crippen MR) is 279 cm³/mol. The molecule has 1 atom stereocenters. The lowest BCUT2D eigenvalue weighted by Crippen LogP contribution is -2.30. The third kappa shape index (κ3) is 51.5. The standard InChI is InChI=1S/C59H100O5/c1-4-7-10-13-16-19-21-23-25-27-29-31-33-35-37-39-42-45-48-51-54-62-55-57(64-59(61)53-50-47-44-40-18-15-12-9-6-3)56-63-58(60)52-49-46-43-41-38-36-34-32-30-28-26-24-22-20-17-14-11-8-5-2/h8,11,16-17,19-20,23-26,30,32,36,38,43,46,57H,4-7,9-10,12-15,18,21-22,27-29,31,33-35,37,39-42,44-45,47-56H2,1-3H3/b11-8-,19-16-,20-17-,25-23-,26-24-,32-30-,38-36-,46-43-. The number of carbonyl (C=O) groups is 2. The minimum absolute atomic E-state index is 0.0413. The quantitative estimate of drug-likeness (QED) is 0.0346. The fourth-order valence-electron chi connectivity index (χ4n) is 7.15. The van der Waals surface area contributed by atoms with Gasteiger partial charge in [0.05, 0.1) is 6.61 Å². The van der Waals surface area contributed by atoms with E-state index < -0.39 is 6.10 Å². The van der Waals surface area contributed by atoms with E-state index in [-0.39, 0.29) is 25.2 Å². The zero-order chi connectivity index (χ0) is 46.3. The maximum Gasteiger partial charge on any atom is 0.306 e. The monoisotopic (exact) mass is 889 g/mol. The molecule has 0 bridgehead atoms. The molecule has 64 heavy (non-hydrogen) atoms. The van der Waals surface area contributed by atoms with Gasteiger partial charge < -0.3 is 14.2 Å². The second-order valence-corrected chi connectivity index (χ2v) is 17.4. The fraction of sp³-hybridized carbons (Fsp3) is 0.695. The summed E-state index contributed by atoms with van der Waals surface area (Å²) in [5.41, 5.74) is 0. The molecule has 0 amide bonds. The molecular weight excluding hydrogens is 789 g/mol. The van der Waals surface area contributed by atoms with E-state index in [1.165, 1.54) is 122 Å². The SMILES string of the molecule is CC/C=C\C/C=C\C/C=C\C/C=C\C/C=C\C/C=C\CCC(=O)OCC(COCCCCCCCCCCCC/C=C\C/C=C\CCCCC)OC(=O)CCCCCCCCCCC. The predicted octanol–water partition coefficient (Wildman–Crippen LogP) is 18.2. The smallest absolute Gasteiger partial charge is 0.306 e. The lowest BCUT2D eigenvalue weighted by molar-refractivity contribution is -0.162. The average molecular weight is 889 g/mol. The molecule has 0 spiro atoms. The molecule has 366 valence electrons. The van der Waals surface area contributed by atoms with Crippen molar-refractivity contribution < 1.29 is 23.8 Å². The zero-order valence-corrected chi connectivity index (χ0v) is 42.0. The van der Waals surface area contributed by atoms with Crippen LogP contribution >= 0.6 is 0 Å². The Balaban J connectivity index is 4.28. The highest BCUT2D eigenvalue weighted by molar-refractivity contribution is 5.70. The Hall–Kier alpha value is -3.18. The Bertz CT molecular complexity index is 1230. The molecule has 5 nitrogen and oxygen atoms in total. The molecule has 0 rings (SSSR count). The number of unbranched alkanes of at least 4 members (excludes halogenated alkanes) is 21. The van der Waals surface area contributed by atoms with E-state index in [4.69, 9.17) is 14.2 Å². The number of carbonyl (C=O) groups excluding carboxylic acids is 2. The van der Waals surface area contributed by atoms with Gasteiger partial charge in [-0.1, -0.05) is 234 Å². The number of hydrogen-bond donors (Lipinski definition) is 0. The molecule has 5 heteroatoms. The van der Waals surface area contributed by atoms with E-state index in [0.717, 1.165) is 77.0 Å². The van der Waals surface area contributed by atoms with Gasteiger partial charge >= 0.3 is 11.9 Å². The molecule has 0 aromatic rings. The number of esters is 2. The molecule has 0 N–H and O–H groups in total. The first-order chi connectivity index (χ1) is 31.6. The number of hydrogen-bond acceptors (Lipinski definition) is 5. The topological polar surface area (TPSA) is 61.8 Å². The molecule has 0 aliphatic heterocycles. The van der Waals surface area contributed by atoms with E-state index in [1.807, 2.05) is 6.08 Å². The van der Waals surface area contributed by atoms with E-state index in [2.05, 4.69) is 112 Å². The maximum atomic E-state index is 12.7. The molecule has 0 saturated carbocycles. The lowest BCUT2D eigenvalue weighted by Gasteiger charge is -2.18. The Kier molecular flexibility index (Phi) is 51.5. The highest BCUT2D eigenvalue weighted by Crippen LogP contribution is 2.14. The van der Waals surface area contributed by atoms with Gasteiger partial charge in [-0.05, 0) is 89.9 Å². The van der Waals surface area contributed by atoms with Crippen LogP contribution in [0, 0.1) is 0 Å². The molecule has 0 saturated heterocycles. The van der Waals surface area contributed by atoms with Crippen molar-refractivity contribution in [3.63, 3.8) is 0 Å². The van der Waals surface area contributed by atoms with Gasteiger partial charge in [0, 0.05) is 19.4 Å². The third-order valence-electron chi connectivity index (χ3n) is 11.1. The van der Waals surface area contributed by atoms with Gasteiger partial charge in [-0.25, -0.2) is 0 Å². The summed E-state index contributed by atoms with van der Waals surface area (Å²) in [6.45, 7) is 7.59. The molecule has 0 heterocycles. The van der Waals surface area contributed by atoms with Crippen LogP contribution in [0.5, 0.6) is 0 Å². The summed E-state index contributed by atoms with van der Waals surface area (Å²) in [5, 5.41) is 0. The molecular formula is C59H100O5. The first kappa shape index (κ1) is 60.8. The first-order valence-electron chi connectivity index (χ1n) is 26.8. The minimum Gasteiger partial charge on any atom is -0.462 e. The minimum atomic E-state index is -0.570. The Labute approximate surface area is 396 Å². The molecule has 0 fully saturated rings. The van der Waals surface area contributed by atoms with Gasteiger partial charge in [0.15, 0.2) is 6.10 Å². The highest BCUT2D eigenvalue weighted by Gasteiger charge is 2.17. The van der Waals surface area contributed by atoms with Gasteiger partial charge in [0.2, 0.25) is 0 Å². The number of allylic oxidation sites excluding steroid dienone is 16. The molecule has 0 radical (unpaired) electrons. The van der Waals surface area contributed by atoms with E-state index in [1.54, 1.807) is 0 Å². The Morgan fingerprint density at radius 2 is 0.734 bits per heavy atom. The van der Waals surface area contributed by atoms with Crippen molar-refractivity contribution in [2.75, 3.05) is 19.8 Å². The van der Waals surface area contributed by atoms with Crippen LogP contribution in [0.2, 0.25) is 0 Å². The summed E-state index contributed by atoms with van der Waals surface area (Å²) in [4.78, 5) is 25.3. The largest absolute Gasteiger partial charge is 0.462 e. The second-order valence-electron chi connectivity index (χ2n) is 17.4. The average Bonchev–Trinajstić information content (AvgIpc) is 3.30. The lowest BCUT2D eigenvalue weighted by atomic mass is 10.1. The number of rotatable bonds is 48. The summed E-state index contributed by atoms with van der Waals surface area (Å²) < 4.78 is 17.3. The van der Waals surface area contributed by atoms with Crippen LogP contribution in [-0.4, -0.2) is 37.9 Å². The Morgan fingerprint density at radius 3 is 1.22 bits per heavy atom. The molecule has 0 aliphatic rings. The van der Waals surface area contributed by atoms with Crippen LogP contribution in [-0.2, 0) is 23.8 Å².